The molecule has 0 aliphatic rings. The van der Waals surface area contributed by atoms with Crippen molar-refractivity contribution in [3.8, 4) is 0 Å². The van der Waals surface area contributed by atoms with E-state index in [-0.39, 0.29) is 6.42 Å². The van der Waals surface area contributed by atoms with Crippen molar-refractivity contribution in [1.82, 2.24) is 10.6 Å². The Morgan fingerprint density at radius 1 is 1.47 bits per heavy atom. The zero-order valence-corrected chi connectivity index (χ0v) is 9.82. The summed E-state index contributed by atoms with van der Waals surface area (Å²) in [6, 6.07) is 1.33. The van der Waals surface area contributed by atoms with Crippen molar-refractivity contribution in [3.63, 3.8) is 0 Å². The quantitative estimate of drug-likeness (QED) is 0.724. The van der Waals surface area contributed by atoms with E-state index < -0.39 is 17.5 Å². The minimum absolute atomic E-state index is 0.133. The van der Waals surface area contributed by atoms with Crippen LogP contribution < -0.4 is 10.6 Å². The van der Waals surface area contributed by atoms with Gasteiger partial charge in [-0.15, -0.1) is 0 Å². The molecule has 1 heterocycles. The summed E-state index contributed by atoms with van der Waals surface area (Å²) in [6.45, 7) is 3.64. The molecule has 1 rings (SSSR count). The Morgan fingerprint density at radius 3 is 2.71 bits per heavy atom. The lowest BCUT2D eigenvalue weighted by Crippen LogP contribution is -2.49. The second-order valence-corrected chi connectivity index (χ2v) is 4.39. The summed E-state index contributed by atoms with van der Waals surface area (Å²) in [4.78, 5) is 22.0. The highest BCUT2D eigenvalue weighted by Crippen LogP contribution is 2.07. The smallest absolute Gasteiger partial charge is 0.315 e. The number of hydrogen-bond donors (Lipinski definition) is 3. The molecule has 0 fully saturated rings. The Bertz CT molecular complexity index is 384. The fourth-order valence-corrected chi connectivity index (χ4v) is 1.35. The van der Waals surface area contributed by atoms with Gasteiger partial charge in [-0.05, 0) is 19.9 Å². The third-order valence-corrected chi connectivity index (χ3v) is 2.08. The first-order valence-corrected chi connectivity index (χ1v) is 5.18. The minimum atomic E-state index is -0.954. The van der Waals surface area contributed by atoms with Crippen LogP contribution in [0, 0.1) is 0 Å². The molecule has 0 aliphatic heterocycles. The first-order valence-electron chi connectivity index (χ1n) is 5.18. The summed E-state index contributed by atoms with van der Waals surface area (Å²) in [5, 5.41) is 13.9. The molecule has 2 amide bonds. The first-order chi connectivity index (χ1) is 7.89. The molecular weight excluding hydrogens is 224 g/mol. The number of carboxylic acids is 1. The summed E-state index contributed by atoms with van der Waals surface area (Å²) in [6.07, 6.45) is 2.91. The monoisotopic (exact) mass is 240 g/mol. The summed E-state index contributed by atoms with van der Waals surface area (Å²) in [5.41, 5.74) is 0.0583. The average molecular weight is 240 g/mol. The highest BCUT2D eigenvalue weighted by atomic mass is 16.4. The van der Waals surface area contributed by atoms with Crippen LogP contribution in [0.25, 0.3) is 0 Å². The van der Waals surface area contributed by atoms with Crippen LogP contribution in [0.1, 0.15) is 25.8 Å². The highest BCUT2D eigenvalue weighted by Gasteiger charge is 2.23. The molecular formula is C11H16N2O4. The van der Waals surface area contributed by atoms with Gasteiger partial charge in [-0.25, -0.2) is 4.79 Å². The number of carbonyl (C=O) groups excluding carboxylic acids is 1. The SMILES string of the molecule is CC(C)(CC(=O)O)NC(=O)NCc1ccoc1. The number of carbonyl (C=O) groups is 2. The van der Waals surface area contributed by atoms with Gasteiger partial charge < -0.3 is 20.2 Å². The van der Waals surface area contributed by atoms with Gasteiger partial charge in [-0.2, -0.15) is 0 Å². The number of furan rings is 1. The van der Waals surface area contributed by atoms with Crippen molar-refractivity contribution in [2.24, 2.45) is 0 Å². The molecule has 94 valence electrons. The number of hydrogen-bond acceptors (Lipinski definition) is 3. The summed E-state index contributed by atoms with van der Waals surface area (Å²) >= 11 is 0. The van der Waals surface area contributed by atoms with E-state index in [1.807, 2.05) is 0 Å². The zero-order chi connectivity index (χ0) is 12.9. The van der Waals surface area contributed by atoms with Crippen molar-refractivity contribution in [2.75, 3.05) is 0 Å². The van der Waals surface area contributed by atoms with Gasteiger partial charge in [0.05, 0.1) is 18.9 Å². The third kappa shape index (κ3) is 5.05. The van der Waals surface area contributed by atoms with Gasteiger partial charge in [0.25, 0.3) is 0 Å². The molecule has 0 spiro atoms. The molecule has 0 unspecified atom stereocenters. The van der Waals surface area contributed by atoms with Crippen molar-refractivity contribution in [1.29, 1.82) is 0 Å². The number of aliphatic carboxylic acids is 1. The molecule has 1 aromatic heterocycles. The lowest BCUT2D eigenvalue weighted by Gasteiger charge is -2.24. The topological polar surface area (TPSA) is 91.6 Å². The number of urea groups is 1. The van der Waals surface area contributed by atoms with E-state index in [9.17, 15) is 9.59 Å². The average Bonchev–Trinajstić information content (AvgIpc) is 2.63. The largest absolute Gasteiger partial charge is 0.481 e. The first kappa shape index (κ1) is 13.1. The van der Waals surface area contributed by atoms with E-state index in [2.05, 4.69) is 10.6 Å². The molecule has 0 saturated heterocycles. The van der Waals surface area contributed by atoms with Gasteiger partial charge in [0.15, 0.2) is 0 Å². The molecule has 6 nitrogen and oxygen atoms in total. The maximum absolute atomic E-state index is 11.5. The van der Waals surface area contributed by atoms with Crippen LogP contribution in [0.3, 0.4) is 0 Å². The molecule has 1 aromatic rings. The van der Waals surface area contributed by atoms with Crippen molar-refractivity contribution in [2.45, 2.75) is 32.4 Å². The van der Waals surface area contributed by atoms with Crippen LogP contribution in [0.15, 0.2) is 23.0 Å². The standard InChI is InChI=1S/C11H16N2O4/c1-11(2,5-9(14)15)13-10(16)12-6-8-3-4-17-7-8/h3-4,7H,5-6H2,1-2H3,(H,14,15)(H2,12,13,16). The van der Waals surface area contributed by atoms with E-state index in [1.54, 1.807) is 19.9 Å². The second-order valence-electron chi connectivity index (χ2n) is 4.39. The normalized spacial score (nSPS) is 10.9. The van der Waals surface area contributed by atoms with Crippen LogP contribution >= 0.6 is 0 Å². The summed E-state index contributed by atoms with van der Waals surface area (Å²) in [7, 11) is 0. The van der Waals surface area contributed by atoms with Gasteiger partial charge in [0.2, 0.25) is 0 Å². The molecule has 0 radical (unpaired) electrons. The third-order valence-electron chi connectivity index (χ3n) is 2.08. The van der Waals surface area contributed by atoms with Gasteiger partial charge >= 0.3 is 12.0 Å². The predicted molar refractivity (Wildman–Crippen MR) is 60.4 cm³/mol. The van der Waals surface area contributed by atoms with Crippen LogP contribution in [0.5, 0.6) is 0 Å². The van der Waals surface area contributed by atoms with E-state index in [4.69, 9.17) is 9.52 Å². The molecule has 17 heavy (non-hydrogen) atoms. The number of rotatable bonds is 5. The van der Waals surface area contributed by atoms with Gasteiger partial charge in [0, 0.05) is 17.6 Å². The molecule has 0 bridgehead atoms. The van der Waals surface area contributed by atoms with Crippen molar-refractivity contribution < 1.29 is 19.1 Å². The zero-order valence-electron chi connectivity index (χ0n) is 9.82. The molecule has 0 aromatic carbocycles. The van der Waals surface area contributed by atoms with Crippen LogP contribution in [0.2, 0.25) is 0 Å². The lowest BCUT2D eigenvalue weighted by atomic mass is 10.0. The molecule has 6 heteroatoms. The van der Waals surface area contributed by atoms with E-state index in [1.165, 1.54) is 12.5 Å². The van der Waals surface area contributed by atoms with Crippen LogP contribution in [-0.4, -0.2) is 22.6 Å². The van der Waals surface area contributed by atoms with Crippen LogP contribution in [0.4, 0.5) is 4.79 Å². The second kappa shape index (κ2) is 5.38. The minimum Gasteiger partial charge on any atom is -0.481 e. The lowest BCUT2D eigenvalue weighted by molar-refractivity contribution is -0.138. The Balaban J connectivity index is 2.36. The fraction of sp³-hybridized carbons (Fsp3) is 0.455. The van der Waals surface area contributed by atoms with E-state index in [0.29, 0.717) is 6.54 Å². The maximum atomic E-state index is 11.5. The van der Waals surface area contributed by atoms with Gasteiger partial charge in [-0.3, -0.25) is 4.79 Å². The Morgan fingerprint density at radius 2 is 2.18 bits per heavy atom. The van der Waals surface area contributed by atoms with Crippen LogP contribution in [-0.2, 0) is 11.3 Å². The number of amides is 2. The maximum Gasteiger partial charge on any atom is 0.315 e. The number of nitrogens with one attached hydrogen (secondary N) is 2. The van der Waals surface area contributed by atoms with Gasteiger partial charge in [-0.1, -0.05) is 0 Å². The molecule has 0 saturated carbocycles. The number of carboxylic acid groups (broad SMARTS) is 1. The Labute approximate surface area is 99.0 Å². The fourth-order valence-electron chi connectivity index (χ4n) is 1.35. The highest BCUT2D eigenvalue weighted by molar-refractivity contribution is 5.76. The molecule has 0 atom stereocenters. The summed E-state index contributed by atoms with van der Waals surface area (Å²) < 4.78 is 4.85. The molecule has 0 aliphatic carbocycles. The van der Waals surface area contributed by atoms with E-state index in [0.717, 1.165) is 5.56 Å². The summed E-state index contributed by atoms with van der Waals surface area (Å²) in [5.74, 6) is -0.954. The Hall–Kier alpha value is -1.98. The van der Waals surface area contributed by atoms with E-state index >= 15 is 0 Å². The Kier molecular flexibility index (Phi) is 4.14. The van der Waals surface area contributed by atoms with Gasteiger partial charge in [0.1, 0.15) is 0 Å². The van der Waals surface area contributed by atoms with Crippen molar-refractivity contribution in [3.05, 3.63) is 24.2 Å². The van der Waals surface area contributed by atoms with Crippen molar-refractivity contribution >= 4 is 12.0 Å². The molecule has 3 N–H and O–H groups in total. The predicted octanol–water partition coefficient (Wildman–Crippen LogP) is 1.33.